The number of carbonyl (C=O) groups excluding carboxylic acids is 2. The average Bonchev–Trinajstić information content (AvgIpc) is 2.87. The second-order valence-electron chi connectivity index (χ2n) is 8.82. The Morgan fingerprint density at radius 3 is 2.60 bits per heavy atom. The number of rotatable bonds is 10. The van der Waals surface area contributed by atoms with Crippen molar-refractivity contribution < 1.29 is 23.8 Å². The number of benzene rings is 2. The van der Waals surface area contributed by atoms with E-state index in [0.29, 0.717) is 48.4 Å². The van der Waals surface area contributed by atoms with Crippen molar-refractivity contribution >= 4 is 23.8 Å². The fraction of sp³-hybridized carbons (Fsp3) is 0.444. The lowest BCUT2D eigenvalue weighted by Gasteiger charge is -2.32. The maximum atomic E-state index is 13.0. The van der Waals surface area contributed by atoms with Gasteiger partial charge in [-0.25, -0.2) is 4.79 Å². The van der Waals surface area contributed by atoms with Crippen LogP contribution in [-0.2, 0) is 9.53 Å². The number of carbonyl (C=O) groups is 2. The van der Waals surface area contributed by atoms with E-state index in [4.69, 9.17) is 14.2 Å². The molecule has 1 fully saturated rings. The largest absolute Gasteiger partial charge is 0.493 e. The molecule has 1 aliphatic rings. The first-order valence-electron chi connectivity index (χ1n) is 12.1. The van der Waals surface area contributed by atoms with E-state index >= 15 is 0 Å². The van der Waals surface area contributed by atoms with Crippen LogP contribution in [-0.4, -0.2) is 56.0 Å². The highest BCUT2D eigenvalue weighted by molar-refractivity contribution is 5.96. The molecule has 2 aromatic carbocycles. The van der Waals surface area contributed by atoms with E-state index in [1.807, 2.05) is 23.2 Å². The molecule has 8 heteroatoms. The quantitative estimate of drug-likeness (QED) is 0.390. The van der Waals surface area contributed by atoms with Crippen molar-refractivity contribution in [3.63, 3.8) is 0 Å². The van der Waals surface area contributed by atoms with E-state index in [2.05, 4.69) is 24.3 Å². The van der Waals surface area contributed by atoms with Crippen molar-refractivity contribution in [3.8, 4) is 11.5 Å². The zero-order chi connectivity index (χ0) is 25.2. The van der Waals surface area contributed by atoms with Gasteiger partial charge < -0.3 is 19.5 Å². The standard InChI is InChI=1S/C27H35N3O5/c1-5-34-27(32)21-10-12-22(13-11-21)29-26(31)23-8-6-7-15-30(23)28-17-20-9-14-24(33-4)25(16-20)35-18-19(2)3/h9-14,16-17,19,23H,5-8,15,18H2,1-4H3,(H,29,31)/b28-17+. The first kappa shape index (κ1) is 26.1. The van der Waals surface area contributed by atoms with E-state index in [9.17, 15) is 9.59 Å². The number of piperidine rings is 1. The maximum Gasteiger partial charge on any atom is 0.338 e. The van der Waals surface area contributed by atoms with Gasteiger partial charge in [0.1, 0.15) is 6.04 Å². The summed E-state index contributed by atoms with van der Waals surface area (Å²) in [5, 5.41) is 9.42. The molecule has 1 heterocycles. The number of hydrogen-bond donors (Lipinski definition) is 1. The van der Waals surface area contributed by atoms with Crippen LogP contribution in [0.5, 0.6) is 11.5 Å². The summed E-state index contributed by atoms with van der Waals surface area (Å²) >= 11 is 0. The van der Waals surface area contributed by atoms with E-state index in [-0.39, 0.29) is 17.9 Å². The van der Waals surface area contributed by atoms with Crippen LogP contribution < -0.4 is 14.8 Å². The molecule has 2 aromatic rings. The third kappa shape index (κ3) is 7.47. The Kier molecular flexibility index (Phi) is 9.52. The van der Waals surface area contributed by atoms with Gasteiger partial charge in [-0.3, -0.25) is 9.80 Å². The minimum absolute atomic E-state index is 0.124. The lowest BCUT2D eigenvalue weighted by molar-refractivity contribution is -0.122. The molecule has 0 radical (unpaired) electrons. The molecule has 35 heavy (non-hydrogen) atoms. The van der Waals surface area contributed by atoms with Crippen LogP contribution in [0.25, 0.3) is 0 Å². The Balaban J connectivity index is 1.67. The third-order valence-corrected chi connectivity index (χ3v) is 5.56. The van der Waals surface area contributed by atoms with Gasteiger partial charge in [-0.1, -0.05) is 13.8 Å². The molecule has 1 atom stereocenters. The summed E-state index contributed by atoms with van der Waals surface area (Å²) in [6.45, 7) is 7.55. The number of esters is 1. The number of nitrogens with zero attached hydrogens (tertiary/aromatic N) is 2. The first-order chi connectivity index (χ1) is 16.9. The number of hydrogen-bond acceptors (Lipinski definition) is 7. The predicted octanol–water partition coefficient (Wildman–Crippen LogP) is 4.73. The Morgan fingerprint density at radius 2 is 1.91 bits per heavy atom. The van der Waals surface area contributed by atoms with Gasteiger partial charge in [-0.15, -0.1) is 0 Å². The monoisotopic (exact) mass is 481 g/mol. The summed E-state index contributed by atoms with van der Waals surface area (Å²) in [7, 11) is 1.62. The van der Waals surface area contributed by atoms with Crippen molar-refractivity contribution in [2.24, 2.45) is 11.0 Å². The van der Waals surface area contributed by atoms with Gasteiger partial charge >= 0.3 is 5.97 Å². The molecule has 1 unspecified atom stereocenters. The van der Waals surface area contributed by atoms with Gasteiger partial charge in [-0.2, -0.15) is 5.10 Å². The van der Waals surface area contributed by atoms with Gasteiger partial charge in [0.15, 0.2) is 11.5 Å². The second kappa shape index (κ2) is 12.8. The minimum Gasteiger partial charge on any atom is -0.493 e. The third-order valence-electron chi connectivity index (χ3n) is 5.56. The second-order valence-corrected chi connectivity index (χ2v) is 8.82. The summed E-state index contributed by atoms with van der Waals surface area (Å²) in [6.07, 6.45) is 4.40. The topological polar surface area (TPSA) is 89.5 Å². The van der Waals surface area contributed by atoms with Crippen LogP contribution in [0.4, 0.5) is 5.69 Å². The number of hydrazone groups is 1. The number of anilines is 1. The Labute approximate surface area is 207 Å². The molecule has 0 aromatic heterocycles. The molecular weight excluding hydrogens is 446 g/mol. The summed E-state index contributed by atoms with van der Waals surface area (Å²) in [6, 6.07) is 12.0. The van der Waals surface area contributed by atoms with E-state index in [1.165, 1.54) is 0 Å². The molecule has 0 saturated carbocycles. The molecule has 8 nitrogen and oxygen atoms in total. The number of ether oxygens (including phenoxy) is 3. The highest BCUT2D eigenvalue weighted by Crippen LogP contribution is 2.28. The highest BCUT2D eigenvalue weighted by Gasteiger charge is 2.28. The summed E-state index contributed by atoms with van der Waals surface area (Å²) in [5.41, 5.74) is 1.94. The van der Waals surface area contributed by atoms with Crippen molar-refractivity contribution in [3.05, 3.63) is 53.6 Å². The molecule has 1 amide bonds. The molecule has 0 spiro atoms. The summed E-state index contributed by atoms with van der Waals surface area (Å²) < 4.78 is 16.3. The molecule has 1 N–H and O–H groups in total. The van der Waals surface area contributed by atoms with Crippen LogP contribution in [0.1, 0.15) is 56.0 Å². The predicted molar refractivity (Wildman–Crippen MR) is 136 cm³/mol. The number of amides is 1. The average molecular weight is 482 g/mol. The van der Waals surface area contributed by atoms with Crippen LogP contribution >= 0.6 is 0 Å². The van der Waals surface area contributed by atoms with Gasteiger partial charge in [0, 0.05) is 12.2 Å². The SMILES string of the molecule is CCOC(=O)c1ccc(NC(=O)C2CCCCN2/N=C/c2ccc(OC)c(OCC(C)C)c2)cc1. The molecule has 1 saturated heterocycles. The normalized spacial score (nSPS) is 15.8. The molecule has 0 bridgehead atoms. The van der Waals surface area contributed by atoms with E-state index < -0.39 is 0 Å². The summed E-state index contributed by atoms with van der Waals surface area (Å²) in [5.74, 6) is 1.23. The fourth-order valence-corrected chi connectivity index (χ4v) is 3.73. The van der Waals surface area contributed by atoms with Gasteiger partial charge in [-0.05, 0) is 80.1 Å². The Hall–Kier alpha value is -3.55. The van der Waals surface area contributed by atoms with Crippen LogP contribution in [0.3, 0.4) is 0 Å². The van der Waals surface area contributed by atoms with Gasteiger partial charge in [0.2, 0.25) is 5.91 Å². The summed E-state index contributed by atoms with van der Waals surface area (Å²) in [4.78, 5) is 24.9. The number of methoxy groups -OCH3 is 1. The van der Waals surface area contributed by atoms with Crippen molar-refractivity contribution in [2.45, 2.75) is 46.1 Å². The van der Waals surface area contributed by atoms with Gasteiger partial charge in [0.25, 0.3) is 0 Å². The first-order valence-corrected chi connectivity index (χ1v) is 12.1. The molecule has 3 rings (SSSR count). The van der Waals surface area contributed by atoms with E-state index in [0.717, 1.165) is 24.8 Å². The minimum atomic E-state index is -0.380. The molecular formula is C27H35N3O5. The smallest absolute Gasteiger partial charge is 0.338 e. The lowest BCUT2D eigenvalue weighted by Crippen LogP contribution is -2.44. The van der Waals surface area contributed by atoms with Crippen LogP contribution in [0.2, 0.25) is 0 Å². The molecule has 1 aliphatic heterocycles. The van der Waals surface area contributed by atoms with Gasteiger partial charge in [0.05, 0.1) is 32.1 Å². The highest BCUT2D eigenvalue weighted by atomic mass is 16.5. The zero-order valence-electron chi connectivity index (χ0n) is 21.0. The maximum absolute atomic E-state index is 13.0. The Bertz CT molecular complexity index is 1020. The molecule has 188 valence electrons. The fourth-order valence-electron chi connectivity index (χ4n) is 3.73. The van der Waals surface area contributed by atoms with Crippen molar-refractivity contribution in [2.75, 3.05) is 32.2 Å². The molecule has 0 aliphatic carbocycles. The van der Waals surface area contributed by atoms with Crippen molar-refractivity contribution in [1.82, 2.24) is 5.01 Å². The van der Waals surface area contributed by atoms with Crippen molar-refractivity contribution in [1.29, 1.82) is 0 Å². The lowest BCUT2D eigenvalue weighted by atomic mass is 10.0. The number of nitrogens with one attached hydrogen (secondary N) is 1. The van der Waals surface area contributed by atoms with Crippen LogP contribution in [0, 0.1) is 5.92 Å². The van der Waals surface area contributed by atoms with Crippen LogP contribution in [0.15, 0.2) is 47.6 Å². The zero-order valence-corrected chi connectivity index (χ0v) is 21.0. The Morgan fingerprint density at radius 1 is 1.14 bits per heavy atom. The van der Waals surface area contributed by atoms with E-state index in [1.54, 1.807) is 44.5 Å².